The maximum absolute atomic E-state index is 13.3. The Kier molecular flexibility index (Phi) is 5.36. The van der Waals surface area contributed by atoms with Crippen LogP contribution in [0, 0.1) is 0 Å². The lowest BCUT2D eigenvalue weighted by molar-refractivity contribution is 0.00110. The highest BCUT2D eigenvalue weighted by molar-refractivity contribution is 9.10. The Morgan fingerprint density at radius 1 is 1.35 bits per heavy atom. The zero-order valence-electron chi connectivity index (χ0n) is 13.2. The number of oxime groups is 1. The summed E-state index contributed by atoms with van der Waals surface area (Å²) in [6.07, 6.45) is 1.55. The standard InChI is InChI=1S/C17H18BrFN2O2/c1-17(2,3)23-21-16(13-9-12(18)6-7-14(13)22)15-11(10-19)5-4-8-20-15/h4-9,22H,10H2,1-3H3. The van der Waals surface area contributed by atoms with Crippen LogP contribution in [0.3, 0.4) is 0 Å². The van der Waals surface area contributed by atoms with Crippen molar-refractivity contribution in [3.63, 3.8) is 0 Å². The van der Waals surface area contributed by atoms with Gasteiger partial charge in [0, 0.05) is 21.8 Å². The Balaban J connectivity index is 2.63. The second-order valence-electron chi connectivity index (χ2n) is 5.95. The topological polar surface area (TPSA) is 54.7 Å². The molecular formula is C17H18BrFN2O2. The molecule has 0 amide bonds. The van der Waals surface area contributed by atoms with E-state index in [2.05, 4.69) is 26.1 Å². The third-order valence-corrected chi connectivity index (χ3v) is 3.38. The van der Waals surface area contributed by atoms with E-state index >= 15 is 0 Å². The van der Waals surface area contributed by atoms with Crippen molar-refractivity contribution in [3.05, 3.63) is 57.8 Å². The molecule has 122 valence electrons. The second-order valence-corrected chi connectivity index (χ2v) is 6.87. The lowest BCUT2D eigenvalue weighted by Gasteiger charge is -2.18. The molecule has 0 aliphatic carbocycles. The van der Waals surface area contributed by atoms with Crippen LogP contribution in [0.15, 0.2) is 46.2 Å². The Morgan fingerprint density at radius 2 is 2.09 bits per heavy atom. The molecule has 4 nitrogen and oxygen atoms in total. The number of aromatic hydroxyl groups is 1. The van der Waals surface area contributed by atoms with Crippen molar-refractivity contribution < 1.29 is 14.3 Å². The summed E-state index contributed by atoms with van der Waals surface area (Å²) >= 11 is 3.36. The first-order valence-corrected chi connectivity index (χ1v) is 7.86. The van der Waals surface area contributed by atoms with E-state index in [1.807, 2.05) is 20.8 Å². The highest BCUT2D eigenvalue weighted by Gasteiger charge is 2.20. The highest BCUT2D eigenvalue weighted by atomic mass is 79.9. The van der Waals surface area contributed by atoms with Gasteiger partial charge in [-0.05, 0) is 45.0 Å². The minimum Gasteiger partial charge on any atom is -0.507 e. The average molecular weight is 381 g/mol. The first-order valence-electron chi connectivity index (χ1n) is 7.07. The number of alkyl halides is 1. The van der Waals surface area contributed by atoms with Crippen LogP contribution in [-0.4, -0.2) is 21.4 Å². The number of hydrogen-bond donors (Lipinski definition) is 1. The molecule has 1 aromatic heterocycles. The largest absolute Gasteiger partial charge is 0.507 e. The van der Waals surface area contributed by atoms with Crippen molar-refractivity contribution in [3.8, 4) is 5.75 Å². The van der Waals surface area contributed by atoms with Crippen molar-refractivity contribution >= 4 is 21.6 Å². The number of benzene rings is 1. The molecule has 0 radical (unpaired) electrons. The molecule has 2 rings (SSSR count). The average Bonchev–Trinajstić information content (AvgIpc) is 2.50. The summed E-state index contributed by atoms with van der Waals surface area (Å²) in [5.74, 6) is 0.0138. The number of rotatable bonds is 4. The Labute approximate surface area is 143 Å². The van der Waals surface area contributed by atoms with Crippen LogP contribution < -0.4 is 0 Å². The third-order valence-electron chi connectivity index (χ3n) is 2.88. The summed E-state index contributed by atoms with van der Waals surface area (Å²) in [6.45, 7) is 4.86. The zero-order chi connectivity index (χ0) is 17.0. The van der Waals surface area contributed by atoms with Crippen LogP contribution in [0.2, 0.25) is 0 Å². The van der Waals surface area contributed by atoms with Crippen molar-refractivity contribution in [1.29, 1.82) is 0 Å². The normalized spacial score (nSPS) is 12.3. The van der Waals surface area contributed by atoms with Gasteiger partial charge in [-0.1, -0.05) is 27.2 Å². The van der Waals surface area contributed by atoms with E-state index in [1.54, 1.807) is 30.5 Å². The van der Waals surface area contributed by atoms with E-state index in [4.69, 9.17) is 4.84 Å². The molecule has 0 spiro atoms. The SMILES string of the molecule is CC(C)(C)ON=C(c1cc(Br)ccc1O)c1ncccc1CF. The van der Waals surface area contributed by atoms with Crippen LogP contribution in [-0.2, 0) is 11.5 Å². The fourth-order valence-corrected chi connectivity index (χ4v) is 2.22. The maximum atomic E-state index is 13.3. The second kappa shape index (κ2) is 7.08. The first kappa shape index (κ1) is 17.4. The van der Waals surface area contributed by atoms with Gasteiger partial charge in [0.25, 0.3) is 0 Å². The molecule has 23 heavy (non-hydrogen) atoms. The summed E-state index contributed by atoms with van der Waals surface area (Å²) in [7, 11) is 0. The quantitative estimate of drug-likeness (QED) is 0.623. The first-order chi connectivity index (χ1) is 10.8. The van der Waals surface area contributed by atoms with Gasteiger partial charge in [-0.25, -0.2) is 4.39 Å². The fraction of sp³-hybridized carbons (Fsp3) is 0.294. The molecule has 0 saturated heterocycles. The zero-order valence-corrected chi connectivity index (χ0v) is 14.8. The van der Waals surface area contributed by atoms with Gasteiger partial charge in [-0.15, -0.1) is 0 Å². The Hall–Kier alpha value is -1.95. The van der Waals surface area contributed by atoms with Crippen LogP contribution >= 0.6 is 15.9 Å². The van der Waals surface area contributed by atoms with Gasteiger partial charge in [0.1, 0.15) is 23.7 Å². The Morgan fingerprint density at radius 3 is 2.74 bits per heavy atom. The van der Waals surface area contributed by atoms with Gasteiger partial charge in [0.05, 0.1) is 5.69 Å². The number of pyridine rings is 1. The summed E-state index contributed by atoms with van der Waals surface area (Å²) in [4.78, 5) is 9.71. The van der Waals surface area contributed by atoms with Gasteiger partial charge < -0.3 is 9.94 Å². The van der Waals surface area contributed by atoms with Crippen LogP contribution in [0.25, 0.3) is 0 Å². The molecule has 0 saturated carbocycles. The smallest absolute Gasteiger partial charge is 0.139 e. The molecule has 0 fully saturated rings. The summed E-state index contributed by atoms with van der Waals surface area (Å²) in [5, 5.41) is 14.3. The number of nitrogens with zero attached hydrogens (tertiary/aromatic N) is 2. The van der Waals surface area contributed by atoms with Gasteiger partial charge in [0.2, 0.25) is 0 Å². The predicted molar refractivity (Wildman–Crippen MR) is 91.3 cm³/mol. The molecule has 0 atom stereocenters. The minimum absolute atomic E-state index is 0.0138. The summed E-state index contributed by atoms with van der Waals surface area (Å²) in [6, 6.07) is 8.21. The highest BCUT2D eigenvalue weighted by Crippen LogP contribution is 2.26. The van der Waals surface area contributed by atoms with Gasteiger partial charge >= 0.3 is 0 Å². The number of aromatic nitrogens is 1. The minimum atomic E-state index is -0.688. The summed E-state index contributed by atoms with van der Waals surface area (Å²) < 4.78 is 14.1. The third kappa shape index (κ3) is 4.51. The lowest BCUT2D eigenvalue weighted by Crippen LogP contribution is -2.18. The molecule has 6 heteroatoms. The number of phenolic OH excluding ortho intramolecular Hbond substituents is 1. The van der Waals surface area contributed by atoms with Crippen molar-refractivity contribution in [2.24, 2.45) is 5.16 Å². The fourth-order valence-electron chi connectivity index (χ4n) is 1.86. The Bertz CT molecular complexity index is 727. The molecule has 1 heterocycles. The van der Waals surface area contributed by atoms with E-state index in [9.17, 15) is 9.50 Å². The predicted octanol–water partition coefficient (Wildman–Crippen LogP) is 4.59. The maximum Gasteiger partial charge on any atom is 0.139 e. The molecule has 0 aliphatic rings. The number of hydrogen-bond acceptors (Lipinski definition) is 4. The van der Waals surface area contributed by atoms with E-state index in [0.717, 1.165) is 4.47 Å². The summed E-state index contributed by atoms with van der Waals surface area (Å²) in [5.41, 5.74) is 0.886. The van der Waals surface area contributed by atoms with E-state index < -0.39 is 12.3 Å². The molecule has 0 unspecified atom stereocenters. The monoisotopic (exact) mass is 380 g/mol. The molecular weight excluding hydrogens is 363 g/mol. The van der Waals surface area contributed by atoms with E-state index in [-0.39, 0.29) is 11.5 Å². The van der Waals surface area contributed by atoms with Crippen molar-refractivity contribution in [1.82, 2.24) is 4.98 Å². The molecule has 0 aliphatic heterocycles. The number of halogens is 2. The van der Waals surface area contributed by atoms with Crippen molar-refractivity contribution in [2.45, 2.75) is 33.0 Å². The van der Waals surface area contributed by atoms with Gasteiger partial charge in [-0.3, -0.25) is 4.98 Å². The van der Waals surface area contributed by atoms with Gasteiger partial charge in [0.15, 0.2) is 0 Å². The van der Waals surface area contributed by atoms with Crippen LogP contribution in [0.1, 0.15) is 37.6 Å². The van der Waals surface area contributed by atoms with Crippen LogP contribution in [0.5, 0.6) is 5.75 Å². The molecule has 2 aromatic rings. The molecule has 0 bridgehead atoms. The number of phenols is 1. The van der Waals surface area contributed by atoms with E-state index in [1.165, 1.54) is 6.07 Å². The molecule has 1 N–H and O–H groups in total. The van der Waals surface area contributed by atoms with Crippen LogP contribution in [0.4, 0.5) is 4.39 Å². The molecule has 1 aromatic carbocycles. The van der Waals surface area contributed by atoms with E-state index in [0.29, 0.717) is 16.8 Å². The lowest BCUT2D eigenvalue weighted by atomic mass is 10.0. The van der Waals surface area contributed by atoms with Crippen molar-refractivity contribution in [2.75, 3.05) is 0 Å². The van der Waals surface area contributed by atoms with Gasteiger partial charge in [-0.2, -0.15) is 0 Å².